The second-order valence-corrected chi connectivity index (χ2v) is 4.87. The van der Waals surface area contributed by atoms with Gasteiger partial charge < -0.3 is 4.74 Å². The Bertz CT molecular complexity index is 805. The normalized spacial score (nSPS) is 10.8. The number of hydrogen-bond donors (Lipinski definition) is 0. The Morgan fingerprint density at radius 2 is 1.86 bits per heavy atom. The number of aromatic nitrogens is 2. The van der Waals surface area contributed by atoms with Gasteiger partial charge in [-0.1, -0.05) is 30.3 Å². The summed E-state index contributed by atoms with van der Waals surface area (Å²) in [6.45, 7) is 1.85. The summed E-state index contributed by atoms with van der Waals surface area (Å²) < 4.78 is 6.97. The van der Waals surface area contributed by atoms with E-state index in [1.165, 1.54) is 0 Å². The highest BCUT2D eigenvalue weighted by molar-refractivity contribution is 5.92. The third-order valence-corrected chi connectivity index (χ3v) is 3.51. The fraction of sp³-hybridized carbons (Fsp3) is 0.176. The van der Waals surface area contributed by atoms with Gasteiger partial charge in [0.25, 0.3) is 0 Å². The maximum absolute atomic E-state index is 12.6. The number of rotatable bonds is 3. The minimum Gasteiger partial charge on any atom is -0.496 e. The topological polar surface area (TPSA) is 44.1 Å². The van der Waals surface area contributed by atoms with Crippen LogP contribution in [0.4, 0.5) is 0 Å². The lowest BCUT2D eigenvalue weighted by Crippen LogP contribution is -2.15. The molecule has 1 heterocycles. The molecule has 0 unspecified atom stereocenters. The molecule has 21 heavy (non-hydrogen) atoms. The van der Waals surface area contributed by atoms with Gasteiger partial charge >= 0.3 is 0 Å². The van der Waals surface area contributed by atoms with Crippen LogP contribution in [0.3, 0.4) is 0 Å². The van der Waals surface area contributed by atoms with Gasteiger partial charge in [-0.05, 0) is 25.1 Å². The molecule has 0 radical (unpaired) electrons. The van der Waals surface area contributed by atoms with E-state index in [1.54, 1.807) is 11.7 Å². The molecule has 0 amide bonds. The average Bonchev–Trinajstić information content (AvgIpc) is 2.83. The molecule has 0 atom stereocenters. The van der Waals surface area contributed by atoms with Crippen LogP contribution in [0.25, 0.3) is 11.0 Å². The molecule has 2 aromatic carbocycles. The van der Waals surface area contributed by atoms with E-state index in [4.69, 9.17) is 4.74 Å². The van der Waals surface area contributed by atoms with Gasteiger partial charge in [0, 0.05) is 5.56 Å². The molecule has 106 valence electrons. The average molecular weight is 280 g/mol. The third-order valence-electron chi connectivity index (χ3n) is 3.51. The molecule has 1 aromatic heterocycles. The quantitative estimate of drug-likeness (QED) is 0.740. The smallest absolute Gasteiger partial charge is 0.237 e. The van der Waals surface area contributed by atoms with Crippen molar-refractivity contribution in [3.05, 3.63) is 59.9 Å². The van der Waals surface area contributed by atoms with Gasteiger partial charge in [0.05, 0.1) is 24.6 Å². The van der Waals surface area contributed by atoms with Crippen LogP contribution in [-0.4, -0.2) is 22.6 Å². The number of para-hydroxylation sites is 3. The fourth-order valence-electron chi connectivity index (χ4n) is 2.55. The summed E-state index contributed by atoms with van der Waals surface area (Å²) in [4.78, 5) is 17.1. The van der Waals surface area contributed by atoms with E-state index in [0.29, 0.717) is 5.82 Å². The highest BCUT2D eigenvalue weighted by Gasteiger charge is 2.15. The summed E-state index contributed by atoms with van der Waals surface area (Å²) in [5.41, 5.74) is 2.56. The van der Waals surface area contributed by atoms with E-state index in [-0.39, 0.29) is 12.3 Å². The number of fused-ring (bicyclic) bond motifs is 1. The third kappa shape index (κ3) is 2.40. The standard InChI is InChI=1S/C17H16N2O2/c1-12-18-14-8-4-5-9-15(14)19(12)17(20)11-13-7-3-6-10-16(13)21-2/h3-10H,11H2,1-2H3. The molecule has 0 bridgehead atoms. The lowest BCUT2D eigenvalue weighted by atomic mass is 10.1. The number of methoxy groups -OCH3 is 1. The molecule has 3 aromatic rings. The minimum atomic E-state index is -0.00861. The first kappa shape index (κ1) is 13.4. The molecule has 0 saturated heterocycles. The zero-order valence-electron chi connectivity index (χ0n) is 12.0. The minimum absolute atomic E-state index is 0.00861. The van der Waals surface area contributed by atoms with Gasteiger partial charge in [-0.2, -0.15) is 0 Å². The molecule has 4 nitrogen and oxygen atoms in total. The van der Waals surface area contributed by atoms with Crippen LogP contribution in [0.5, 0.6) is 5.75 Å². The van der Waals surface area contributed by atoms with Crippen molar-refractivity contribution in [3.63, 3.8) is 0 Å². The Morgan fingerprint density at radius 1 is 1.14 bits per heavy atom. The molecule has 0 spiro atoms. The summed E-state index contributed by atoms with van der Waals surface area (Å²) in [6, 6.07) is 15.2. The van der Waals surface area contributed by atoms with Gasteiger partial charge in [0.15, 0.2) is 0 Å². The lowest BCUT2D eigenvalue weighted by Gasteiger charge is -2.09. The zero-order valence-corrected chi connectivity index (χ0v) is 12.0. The number of carbonyl (C=O) groups excluding carboxylic acids is 1. The van der Waals surface area contributed by atoms with Crippen molar-refractivity contribution in [2.75, 3.05) is 7.11 Å². The van der Waals surface area contributed by atoms with Gasteiger partial charge in [0.1, 0.15) is 11.6 Å². The van der Waals surface area contributed by atoms with Crippen LogP contribution >= 0.6 is 0 Å². The van der Waals surface area contributed by atoms with Gasteiger partial charge in [-0.3, -0.25) is 9.36 Å². The predicted octanol–water partition coefficient (Wildman–Crippen LogP) is 3.24. The Morgan fingerprint density at radius 3 is 2.67 bits per heavy atom. The number of hydrogen-bond acceptors (Lipinski definition) is 3. The van der Waals surface area contributed by atoms with E-state index >= 15 is 0 Å². The van der Waals surface area contributed by atoms with E-state index in [1.807, 2.05) is 55.5 Å². The van der Waals surface area contributed by atoms with Crippen molar-refractivity contribution in [3.8, 4) is 5.75 Å². The van der Waals surface area contributed by atoms with Crippen molar-refractivity contribution in [2.24, 2.45) is 0 Å². The molecule has 4 heteroatoms. The van der Waals surface area contributed by atoms with Crippen LogP contribution in [0.2, 0.25) is 0 Å². The highest BCUT2D eigenvalue weighted by atomic mass is 16.5. The Balaban J connectivity index is 1.99. The molecule has 0 fully saturated rings. The van der Waals surface area contributed by atoms with Crippen molar-refractivity contribution in [1.82, 2.24) is 9.55 Å². The number of ether oxygens (including phenoxy) is 1. The summed E-state index contributed by atoms with van der Waals surface area (Å²) >= 11 is 0. The van der Waals surface area contributed by atoms with Gasteiger partial charge in [-0.15, -0.1) is 0 Å². The molecular formula is C17H16N2O2. The molecular weight excluding hydrogens is 264 g/mol. The Hall–Kier alpha value is -2.62. The van der Waals surface area contributed by atoms with Crippen molar-refractivity contribution >= 4 is 16.9 Å². The van der Waals surface area contributed by atoms with Crippen LogP contribution in [0, 0.1) is 6.92 Å². The number of benzene rings is 2. The second-order valence-electron chi connectivity index (χ2n) is 4.87. The van der Waals surface area contributed by atoms with Crippen molar-refractivity contribution in [1.29, 1.82) is 0 Å². The largest absolute Gasteiger partial charge is 0.496 e. The van der Waals surface area contributed by atoms with Gasteiger partial charge in [0.2, 0.25) is 5.91 Å². The number of imidazole rings is 1. The Kier molecular flexibility index (Phi) is 3.44. The van der Waals surface area contributed by atoms with E-state index in [9.17, 15) is 4.79 Å². The van der Waals surface area contributed by atoms with Crippen LogP contribution in [0.1, 0.15) is 16.2 Å². The van der Waals surface area contributed by atoms with Crippen LogP contribution < -0.4 is 4.74 Å². The molecule has 0 saturated carbocycles. The Labute approximate surface area is 123 Å². The van der Waals surface area contributed by atoms with Crippen LogP contribution in [0.15, 0.2) is 48.5 Å². The molecule has 3 rings (SSSR count). The summed E-state index contributed by atoms with van der Waals surface area (Å²) in [5.74, 6) is 1.43. The van der Waals surface area contributed by atoms with E-state index in [2.05, 4.69) is 4.98 Å². The fourth-order valence-corrected chi connectivity index (χ4v) is 2.55. The first-order valence-electron chi connectivity index (χ1n) is 6.80. The number of nitrogens with zero attached hydrogens (tertiary/aromatic N) is 2. The first-order chi connectivity index (χ1) is 10.2. The van der Waals surface area contributed by atoms with Gasteiger partial charge in [-0.25, -0.2) is 4.98 Å². The maximum atomic E-state index is 12.6. The van der Waals surface area contributed by atoms with Crippen molar-refractivity contribution < 1.29 is 9.53 Å². The molecule has 0 aliphatic rings. The highest BCUT2D eigenvalue weighted by Crippen LogP contribution is 2.21. The van der Waals surface area contributed by atoms with E-state index < -0.39 is 0 Å². The summed E-state index contributed by atoms with van der Waals surface area (Å²) in [6.07, 6.45) is 0.283. The molecule has 0 aliphatic heterocycles. The van der Waals surface area contributed by atoms with Crippen molar-refractivity contribution in [2.45, 2.75) is 13.3 Å². The summed E-state index contributed by atoms with van der Waals surface area (Å²) in [7, 11) is 1.61. The molecule has 0 aliphatic carbocycles. The lowest BCUT2D eigenvalue weighted by molar-refractivity contribution is 0.0915. The maximum Gasteiger partial charge on any atom is 0.237 e. The number of aryl methyl sites for hydroxylation is 1. The SMILES string of the molecule is COc1ccccc1CC(=O)n1c(C)nc2ccccc21. The first-order valence-corrected chi connectivity index (χ1v) is 6.80. The predicted molar refractivity (Wildman–Crippen MR) is 81.8 cm³/mol. The molecule has 0 N–H and O–H groups in total. The number of carbonyl (C=O) groups is 1. The summed E-state index contributed by atoms with van der Waals surface area (Å²) in [5, 5.41) is 0. The monoisotopic (exact) mass is 280 g/mol. The second kappa shape index (κ2) is 5.40. The van der Waals surface area contributed by atoms with E-state index in [0.717, 1.165) is 22.3 Å². The van der Waals surface area contributed by atoms with Crippen LogP contribution in [-0.2, 0) is 6.42 Å². The zero-order chi connectivity index (χ0) is 14.8.